The number of rotatable bonds is 5. The number of amides is 1. The number of Topliss-reactive ketones (excluding diaryl/α,β-unsaturated/α-hetero) is 1. The molecule has 0 bridgehead atoms. The molecule has 0 aliphatic carbocycles. The summed E-state index contributed by atoms with van der Waals surface area (Å²) < 4.78 is 5.04. The molecule has 3 aromatic carbocycles. The van der Waals surface area contributed by atoms with Crippen molar-refractivity contribution in [2.45, 2.75) is 13.0 Å². The third kappa shape index (κ3) is 4.60. The normalized spacial score (nSPS) is 17.0. The molecule has 1 unspecified atom stereocenters. The highest BCUT2D eigenvalue weighted by Crippen LogP contribution is 2.43. The van der Waals surface area contributed by atoms with Crippen molar-refractivity contribution in [3.63, 3.8) is 0 Å². The number of carbonyl (C=O) groups is 3. The van der Waals surface area contributed by atoms with Crippen molar-refractivity contribution in [2.24, 2.45) is 0 Å². The largest absolute Gasteiger partial charge is 0.508 e. The predicted octanol–water partition coefficient (Wildman–Crippen LogP) is 5.50. The van der Waals surface area contributed by atoms with Crippen molar-refractivity contribution in [1.82, 2.24) is 0 Å². The summed E-state index contributed by atoms with van der Waals surface area (Å²) in [5.41, 5.74) is 0.764. The van der Waals surface area contributed by atoms with Gasteiger partial charge in [0.05, 0.1) is 33.8 Å². The van der Waals surface area contributed by atoms with Crippen LogP contribution < -0.4 is 4.90 Å². The maximum atomic E-state index is 13.3. The molecule has 1 heterocycles. The molecule has 9 heteroatoms. The highest BCUT2D eigenvalue weighted by atomic mass is 35.5. The third-order valence-corrected chi connectivity index (χ3v) is 6.20. The number of aromatic hydroxyl groups is 1. The molecule has 3 aromatic rings. The Balaban J connectivity index is 1.93. The van der Waals surface area contributed by atoms with Crippen molar-refractivity contribution in [2.75, 3.05) is 11.5 Å². The van der Waals surface area contributed by atoms with Crippen LogP contribution in [0, 0.1) is 0 Å². The zero-order chi connectivity index (χ0) is 25.3. The van der Waals surface area contributed by atoms with Crippen LogP contribution in [0.15, 0.2) is 72.3 Å². The number of anilines is 1. The number of aliphatic hydroxyl groups excluding tert-OH is 1. The van der Waals surface area contributed by atoms with Gasteiger partial charge in [-0.25, -0.2) is 4.79 Å². The van der Waals surface area contributed by atoms with Crippen LogP contribution in [0.3, 0.4) is 0 Å². The number of phenols is 1. The Hall–Kier alpha value is -3.81. The van der Waals surface area contributed by atoms with Crippen LogP contribution in [-0.2, 0) is 14.3 Å². The summed E-state index contributed by atoms with van der Waals surface area (Å²) in [5, 5.41) is 21.6. The lowest BCUT2D eigenvalue weighted by molar-refractivity contribution is -0.132. The van der Waals surface area contributed by atoms with Gasteiger partial charge in [0.1, 0.15) is 11.5 Å². The van der Waals surface area contributed by atoms with E-state index in [2.05, 4.69) is 0 Å². The number of carbonyl (C=O) groups excluding carboxylic acids is 3. The average Bonchev–Trinajstić information content (AvgIpc) is 3.11. The first-order valence-corrected chi connectivity index (χ1v) is 11.3. The number of phenolic OH excluding ortho intramolecular Hbond substituents is 1. The van der Waals surface area contributed by atoms with Crippen LogP contribution in [0.1, 0.15) is 34.5 Å². The number of ether oxygens (including phenoxy) is 1. The first kappa shape index (κ1) is 24.3. The SMILES string of the molecule is CCOC(=O)c1cccc(N2C(=O)C(=O)/C(=C(/O)c3ccc(Cl)c(Cl)c3)C2c2cccc(O)c2)c1. The Morgan fingerprint density at radius 1 is 0.971 bits per heavy atom. The molecule has 0 aromatic heterocycles. The second-order valence-electron chi connectivity index (χ2n) is 7.66. The first-order chi connectivity index (χ1) is 16.7. The molecule has 7 nitrogen and oxygen atoms in total. The van der Waals surface area contributed by atoms with Crippen molar-refractivity contribution in [3.05, 3.63) is 99.0 Å². The van der Waals surface area contributed by atoms with E-state index in [-0.39, 0.29) is 44.8 Å². The fourth-order valence-corrected chi connectivity index (χ4v) is 4.20. The van der Waals surface area contributed by atoms with Crippen molar-refractivity contribution >= 4 is 52.3 Å². The summed E-state index contributed by atoms with van der Waals surface area (Å²) in [4.78, 5) is 39.9. The van der Waals surface area contributed by atoms with Gasteiger partial charge in [-0.1, -0.05) is 41.4 Å². The lowest BCUT2D eigenvalue weighted by atomic mass is 9.95. The number of esters is 1. The van der Waals surface area contributed by atoms with Crippen LogP contribution >= 0.6 is 23.2 Å². The Morgan fingerprint density at radius 2 is 1.71 bits per heavy atom. The van der Waals surface area contributed by atoms with Crippen molar-refractivity contribution < 1.29 is 29.3 Å². The van der Waals surface area contributed by atoms with Gasteiger partial charge >= 0.3 is 5.97 Å². The predicted molar refractivity (Wildman–Crippen MR) is 132 cm³/mol. The molecule has 0 spiro atoms. The third-order valence-electron chi connectivity index (χ3n) is 5.46. The van der Waals surface area contributed by atoms with Crippen LogP contribution in [0.4, 0.5) is 5.69 Å². The minimum absolute atomic E-state index is 0.0945. The van der Waals surface area contributed by atoms with Gasteiger partial charge < -0.3 is 14.9 Å². The lowest BCUT2D eigenvalue weighted by Crippen LogP contribution is -2.29. The number of nitrogens with zero attached hydrogens (tertiary/aromatic N) is 1. The van der Waals surface area contributed by atoms with Gasteiger partial charge in [0.15, 0.2) is 0 Å². The summed E-state index contributed by atoms with van der Waals surface area (Å²) in [6, 6.07) is 15.3. The fourth-order valence-electron chi connectivity index (χ4n) is 3.91. The number of halogens is 2. The van der Waals surface area contributed by atoms with Gasteiger partial charge in [-0.3, -0.25) is 14.5 Å². The molecular weight excluding hydrogens is 493 g/mol. The monoisotopic (exact) mass is 511 g/mol. The molecule has 35 heavy (non-hydrogen) atoms. The van der Waals surface area contributed by atoms with E-state index in [0.717, 1.165) is 0 Å². The summed E-state index contributed by atoms with van der Waals surface area (Å²) >= 11 is 12.1. The average molecular weight is 512 g/mol. The molecule has 1 aliphatic rings. The van der Waals surface area contributed by atoms with E-state index in [0.29, 0.717) is 5.56 Å². The highest BCUT2D eigenvalue weighted by Gasteiger charge is 2.47. The minimum Gasteiger partial charge on any atom is -0.508 e. The molecule has 1 fully saturated rings. The van der Waals surface area contributed by atoms with E-state index in [1.165, 1.54) is 47.4 Å². The van der Waals surface area contributed by atoms with E-state index < -0.39 is 29.5 Å². The zero-order valence-corrected chi connectivity index (χ0v) is 19.9. The van der Waals surface area contributed by atoms with Gasteiger partial charge in [0.2, 0.25) is 0 Å². The van der Waals surface area contributed by atoms with Crippen LogP contribution in [0.25, 0.3) is 5.76 Å². The summed E-state index contributed by atoms with van der Waals surface area (Å²) in [6.07, 6.45) is 0. The Labute approximate surface area is 210 Å². The summed E-state index contributed by atoms with van der Waals surface area (Å²) in [5.74, 6) is -3.00. The minimum atomic E-state index is -1.10. The van der Waals surface area contributed by atoms with E-state index in [1.807, 2.05) is 0 Å². The number of hydrogen-bond donors (Lipinski definition) is 2. The fraction of sp³-hybridized carbons (Fsp3) is 0.115. The number of benzene rings is 3. The maximum Gasteiger partial charge on any atom is 0.338 e. The Morgan fingerprint density at radius 3 is 2.40 bits per heavy atom. The van der Waals surface area contributed by atoms with Crippen LogP contribution in [-0.4, -0.2) is 34.5 Å². The molecule has 0 radical (unpaired) electrons. The quantitative estimate of drug-likeness (QED) is 0.203. The maximum absolute atomic E-state index is 13.3. The molecule has 4 rings (SSSR count). The Bertz CT molecular complexity index is 1380. The molecule has 1 aliphatic heterocycles. The molecular formula is C26H19Cl2NO6. The molecule has 1 atom stereocenters. The van der Waals surface area contributed by atoms with Crippen LogP contribution in [0.2, 0.25) is 10.0 Å². The van der Waals surface area contributed by atoms with Crippen LogP contribution in [0.5, 0.6) is 5.75 Å². The molecule has 1 saturated heterocycles. The topological polar surface area (TPSA) is 104 Å². The van der Waals surface area contributed by atoms with E-state index in [9.17, 15) is 24.6 Å². The Kier molecular flexibility index (Phi) is 6.82. The van der Waals surface area contributed by atoms with Gasteiger partial charge in [-0.15, -0.1) is 0 Å². The van der Waals surface area contributed by atoms with Gasteiger partial charge in [0, 0.05) is 11.3 Å². The van der Waals surface area contributed by atoms with Gasteiger partial charge in [-0.2, -0.15) is 0 Å². The van der Waals surface area contributed by atoms with Gasteiger partial charge in [-0.05, 0) is 61.0 Å². The molecule has 2 N–H and O–H groups in total. The standard InChI is InChI=1S/C26H19Cl2NO6/c1-2-35-26(34)16-6-3-7-17(11-16)29-22(14-5-4-8-18(30)12-14)21(24(32)25(29)33)23(31)15-9-10-19(27)20(28)13-15/h3-13,22,30-31H,2H2,1H3/b23-21+. The molecule has 178 valence electrons. The first-order valence-electron chi connectivity index (χ1n) is 10.6. The van der Waals surface area contributed by atoms with E-state index in [1.54, 1.807) is 31.2 Å². The lowest BCUT2D eigenvalue weighted by Gasteiger charge is -2.26. The van der Waals surface area contributed by atoms with E-state index in [4.69, 9.17) is 27.9 Å². The molecule has 1 amide bonds. The second kappa shape index (κ2) is 9.82. The van der Waals surface area contributed by atoms with Gasteiger partial charge in [0.25, 0.3) is 11.7 Å². The number of ketones is 1. The summed E-state index contributed by atoms with van der Waals surface area (Å²) in [7, 11) is 0. The van der Waals surface area contributed by atoms with E-state index >= 15 is 0 Å². The summed E-state index contributed by atoms with van der Waals surface area (Å²) in [6.45, 7) is 1.84. The number of aliphatic hydroxyl groups is 1. The smallest absolute Gasteiger partial charge is 0.338 e. The zero-order valence-electron chi connectivity index (χ0n) is 18.4. The van der Waals surface area contributed by atoms with Crippen molar-refractivity contribution in [1.29, 1.82) is 0 Å². The molecule has 0 saturated carbocycles. The number of hydrogen-bond acceptors (Lipinski definition) is 6. The highest BCUT2D eigenvalue weighted by molar-refractivity contribution is 6.52. The second-order valence-corrected chi connectivity index (χ2v) is 8.48. The van der Waals surface area contributed by atoms with Crippen molar-refractivity contribution in [3.8, 4) is 5.75 Å².